The zero-order chi connectivity index (χ0) is 27.6. The van der Waals surface area contributed by atoms with Gasteiger partial charge in [-0.15, -0.1) is 11.3 Å². The van der Waals surface area contributed by atoms with Crippen molar-refractivity contribution in [3.8, 4) is 0 Å². The molecule has 0 spiro atoms. The minimum Gasteiger partial charge on any atom is -0.383 e. The quantitative estimate of drug-likeness (QED) is 0.334. The van der Waals surface area contributed by atoms with Gasteiger partial charge in [0.05, 0.1) is 23.2 Å². The fraction of sp³-hybridized carbons (Fsp3) is 0.321. The maximum Gasteiger partial charge on any atom is 0.322 e. The number of aromatic nitrogens is 1. The molecule has 1 aliphatic rings. The Morgan fingerprint density at radius 2 is 1.87 bits per heavy atom. The smallest absolute Gasteiger partial charge is 0.322 e. The number of anilines is 1. The molecule has 0 atom stereocenters. The van der Waals surface area contributed by atoms with Crippen LogP contribution in [-0.4, -0.2) is 84.6 Å². The summed E-state index contributed by atoms with van der Waals surface area (Å²) in [6, 6.07) is 14.8. The molecule has 0 radical (unpaired) electrons. The van der Waals surface area contributed by atoms with Crippen LogP contribution in [0.4, 0.5) is 10.5 Å². The van der Waals surface area contributed by atoms with Crippen LogP contribution in [0.3, 0.4) is 0 Å². The molecule has 2 aromatic carbocycles. The van der Waals surface area contributed by atoms with Gasteiger partial charge in [-0.1, -0.05) is 65.7 Å². The molecule has 1 fully saturated rings. The molecule has 3 aromatic rings. The SMILES string of the molecule is COCCN(Cc1nc(C(=O)N2CCN(CC=Cc3ccccc3)CC2)cs1)C(=O)Nc1ccc(Cl)c(Cl)c1. The number of carbonyl (C=O) groups excluding carboxylic acids is 2. The van der Waals surface area contributed by atoms with Gasteiger partial charge in [0.25, 0.3) is 5.91 Å². The van der Waals surface area contributed by atoms with Gasteiger partial charge in [-0.2, -0.15) is 0 Å². The molecule has 11 heteroatoms. The number of halogens is 2. The number of carbonyl (C=O) groups is 2. The lowest BCUT2D eigenvalue weighted by molar-refractivity contribution is 0.0645. The van der Waals surface area contributed by atoms with Crippen LogP contribution < -0.4 is 5.32 Å². The Kier molecular flexibility index (Phi) is 10.8. The van der Waals surface area contributed by atoms with E-state index >= 15 is 0 Å². The second kappa shape index (κ2) is 14.4. The van der Waals surface area contributed by atoms with Gasteiger partial charge < -0.3 is 19.9 Å². The number of nitrogens with zero attached hydrogens (tertiary/aromatic N) is 4. The molecule has 1 aromatic heterocycles. The van der Waals surface area contributed by atoms with E-state index in [1.807, 2.05) is 23.1 Å². The first-order valence-electron chi connectivity index (χ1n) is 12.6. The van der Waals surface area contributed by atoms with E-state index in [9.17, 15) is 9.59 Å². The van der Waals surface area contributed by atoms with Crippen LogP contribution >= 0.6 is 34.5 Å². The lowest BCUT2D eigenvalue weighted by atomic mass is 10.2. The molecule has 1 N–H and O–H groups in total. The summed E-state index contributed by atoms with van der Waals surface area (Å²) in [6.45, 7) is 4.72. The van der Waals surface area contributed by atoms with Gasteiger partial charge in [-0.25, -0.2) is 9.78 Å². The highest BCUT2D eigenvalue weighted by molar-refractivity contribution is 7.09. The van der Waals surface area contributed by atoms with Crippen molar-refractivity contribution < 1.29 is 14.3 Å². The van der Waals surface area contributed by atoms with Gasteiger partial charge in [0.2, 0.25) is 0 Å². The van der Waals surface area contributed by atoms with Crippen LogP contribution in [0.15, 0.2) is 60.0 Å². The molecular formula is C28H31Cl2N5O3S. The minimum atomic E-state index is -0.328. The Morgan fingerprint density at radius 1 is 1.10 bits per heavy atom. The summed E-state index contributed by atoms with van der Waals surface area (Å²) >= 11 is 13.4. The van der Waals surface area contributed by atoms with Crippen LogP contribution in [0.2, 0.25) is 10.0 Å². The lowest BCUT2D eigenvalue weighted by Crippen LogP contribution is -2.48. The number of ether oxygens (including phenoxy) is 1. The van der Waals surface area contributed by atoms with Crippen LogP contribution in [0, 0.1) is 0 Å². The molecule has 1 aliphatic heterocycles. The third kappa shape index (κ3) is 8.52. The molecule has 2 heterocycles. The van der Waals surface area contributed by atoms with E-state index in [0.29, 0.717) is 52.7 Å². The maximum atomic E-state index is 13.1. The number of methoxy groups -OCH3 is 1. The predicted molar refractivity (Wildman–Crippen MR) is 158 cm³/mol. The van der Waals surface area contributed by atoms with E-state index in [4.69, 9.17) is 27.9 Å². The van der Waals surface area contributed by atoms with Gasteiger partial charge in [-0.05, 0) is 23.8 Å². The fourth-order valence-corrected chi connectivity index (χ4v) is 5.15. The van der Waals surface area contributed by atoms with Crippen molar-refractivity contribution in [1.29, 1.82) is 0 Å². The summed E-state index contributed by atoms with van der Waals surface area (Å²) in [5, 5.41) is 6.02. The largest absolute Gasteiger partial charge is 0.383 e. The molecule has 0 aliphatic carbocycles. The number of nitrogens with one attached hydrogen (secondary N) is 1. The first kappa shape index (κ1) is 29.0. The first-order chi connectivity index (χ1) is 18.9. The standard InChI is InChI=1S/C28H31Cl2N5O3S/c1-38-17-16-35(28(37)31-22-9-10-23(29)24(30)18-22)19-26-32-25(20-39-26)27(36)34-14-12-33(13-15-34)11-5-8-21-6-3-2-4-7-21/h2-10,18,20H,11-17,19H2,1H3,(H,31,37). The molecule has 1 saturated heterocycles. The molecule has 4 rings (SSSR count). The highest BCUT2D eigenvalue weighted by atomic mass is 35.5. The third-order valence-corrected chi connectivity index (χ3v) is 7.83. The van der Waals surface area contributed by atoms with Gasteiger partial charge >= 0.3 is 6.03 Å². The first-order valence-corrected chi connectivity index (χ1v) is 14.2. The number of benzene rings is 2. The average molecular weight is 589 g/mol. The fourth-order valence-electron chi connectivity index (χ4n) is 4.07. The Bertz CT molecular complexity index is 1280. The summed E-state index contributed by atoms with van der Waals surface area (Å²) in [7, 11) is 1.58. The van der Waals surface area contributed by atoms with E-state index in [2.05, 4.69) is 39.5 Å². The van der Waals surface area contributed by atoms with Gasteiger partial charge in [-0.3, -0.25) is 9.69 Å². The van der Waals surface area contributed by atoms with E-state index in [0.717, 1.165) is 19.6 Å². The Balaban J connectivity index is 1.30. The highest BCUT2D eigenvalue weighted by Gasteiger charge is 2.24. The van der Waals surface area contributed by atoms with Crippen molar-refractivity contribution >= 4 is 58.2 Å². The maximum absolute atomic E-state index is 13.1. The number of hydrogen-bond donors (Lipinski definition) is 1. The van der Waals surface area contributed by atoms with Crippen LogP contribution in [0.1, 0.15) is 21.1 Å². The Hall–Kier alpha value is -2.95. The summed E-state index contributed by atoms with van der Waals surface area (Å²) < 4.78 is 5.18. The van der Waals surface area contributed by atoms with E-state index in [1.54, 1.807) is 35.6 Å². The number of rotatable bonds is 10. The van der Waals surface area contributed by atoms with Gasteiger partial charge in [0, 0.05) is 57.4 Å². The van der Waals surface area contributed by atoms with E-state index in [1.165, 1.54) is 16.9 Å². The Morgan fingerprint density at radius 3 is 2.59 bits per heavy atom. The van der Waals surface area contributed by atoms with Crippen molar-refractivity contribution in [3.05, 3.63) is 86.3 Å². The van der Waals surface area contributed by atoms with Gasteiger partial charge in [0.15, 0.2) is 0 Å². The van der Waals surface area contributed by atoms with Crippen LogP contribution in [0.25, 0.3) is 6.08 Å². The zero-order valence-corrected chi connectivity index (χ0v) is 24.0. The molecule has 0 unspecified atom stereocenters. The monoisotopic (exact) mass is 587 g/mol. The summed E-state index contributed by atoms with van der Waals surface area (Å²) in [5.41, 5.74) is 2.11. The molecule has 3 amide bonds. The minimum absolute atomic E-state index is 0.0827. The number of thiazole rings is 1. The van der Waals surface area contributed by atoms with Gasteiger partial charge in [0.1, 0.15) is 10.7 Å². The third-order valence-electron chi connectivity index (χ3n) is 6.25. The van der Waals surface area contributed by atoms with Crippen LogP contribution in [0.5, 0.6) is 0 Å². The summed E-state index contributed by atoms with van der Waals surface area (Å²) in [5.74, 6) is -0.0827. The van der Waals surface area contributed by atoms with Crippen molar-refractivity contribution in [1.82, 2.24) is 19.7 Å². The van der Waals surface area contributed by atoms with Crippen molar-refractivity contribution in [2.45, 2.75) is 6.54 Å². The molecular weight excluding hydrogens is 557 g/mol. The number of piperazine rings is 1. The second-order valence-electron chi connectivity index (χ2n) is 9.01. The summed E-state index contributed by atoms with van der Waals surface area (Å²) in [4.78, 5) is 36.4. The Labute approximate surface area is 242 Å². The number of urea groups is 1. The number of hydrogen-bond acceptors (Lipinski definition) is 6. The lowest BCUT2D eigenvalue weighted by Gasteiger charge is -2.33. The zero-order valence-electron chi connectivity index (χ0n) is 21.7. The number of amides is 3. The summed E-state index contributed by atoms with van der Waals surface area (Å²) in [6.07, 6.45) is 4.28. The second-order valence-corrected chi connectivity index (χ2v) is 10.8. The average Bonchev–Trinajstić information content (AvgIpc) is 3.42. The van der Waals surface area contributed by atoms with Crippen LogP contribution in [-0.2, 0) is 11.3 Å². The highest BCUT2D eigenvalue weighted by Crippen LogP contribution is 2.25. The predicted octanol–water partition coefficient (Wildman–Crippen LogP) is 5.60. The van der Waals surface area contributed by atoms with Crippen molar-refractivity contribution in [2.24, 2.45) is 0 Å². The van der Waals surface area contributed by atoms with Crippen molar-refractivity contribution in [2.75, 3.05) is 58.3 Å². The molecule has 39 heavy (non-hydrogen) atoms. The molecule has 0 saturated carbocycles. The van der Waals surface area contributed by atoms with Crippen molar-refractivity contribution in [3.63, 3.8) is 0 Å². The normalized spacial score (nSPS) is 14.1. The van der Waals surface area contributed by atoms with E-state index < -0.39 is 0 Å². The molecule has 8 nitrogen and oxygen atoms in total. The molecule has 0 bridgehead atoms. The molecule has 206 valence electrons. The topological polar surface area (TPSA) is 78.0 Å². The van der Waals surface area contributed by atoms with E-state index in [-0.39, 0.29) is 18.5 Å².